The number of hydrogen-bond donors (Lipinski definition) is 0. The van der Waals surface area contributed by atoms with Gasteiger partial charge in [-0.05, 0) is 37.9 Å². The molecule has 0 spiro atoms. The summed E-state index contributed by atoms with van der Waals surface area (Å²) in [5, 5.41) is 0. The summed E-state index contributed by atoms with van der Waals surface area (Å²) in [6, 6.07) is 9.67. The number of unbranched alkanes of at least 4 members (excludes halogenated alkanes) is 1. The third kappa shape index (κ3) is 5.96. The van der Waals surface area contributed by atoms with Crippen molar-refractivity contribution in [2.24, 2.45) is 0 Å². The highest BCUT2D eigenvalue weighted by Gasteiger charge is 2.29. The molecule has 1 heterocycles. The number of rotatable bonds is 9. The SMILES string of the molecule is CCCCOCCOC(=O)[C@@H](c1ccccc1)N1CCCCC1. The quantitative estimate of drug-likeness (QED) is 0.515. The summed E-state index contributed by atoms with van der Waals surface area (Å²) in [6.07, 6.45) is 5.71. The molecule has 0 radical (unpaired) electrons. The Bertz CT molecular complexity index is 443. The Morgan fingerprint density at radius 1 is 1.09 bits per heavy atom. The van der Waals surface area contributed by atoms with Crippen LogP contribution in [0.4, 0.5) is 0 Å². The number of esters is 1. The van der Waals surface area contributed by atoms with Crippen molar-refractivity contribution in [2.75, 3.05) is 32.9 Å². The number of nitrogens with zero attached hydrogens (tertiary/aromatic N) is 1. The van der Waals surface area contributed by atoms with E-state index in [0.29, 0.717) is 13.2 Å². The first-order valence-corrected chi connectivity index (χ1v) is 8.86. The predicted molar refractivity (Wildman–Crippen MR) is 91.3 cm³/mol. The second kappa shape index (κ2) is 10.4. The van der Waals surface area contributed by atoms with E-state index in [-0.39, 0.29) is 12.0 Å². The minimum atomic E-state index is -0.285. The summed E-state index contributed by atoms with van der Waals surface area (Å²) in [6.45, 7) is 5.60. The maximum absolute atomic E-state index is 12.6. The van der Waals surface area contributed by atoms with Gasteiger partial charge >= 0.3 is 5.97 Å². The standard InChI is InChI=1S/C19H29NO3/c1-2-3-14-22-15-16-23-19(21)18(17-10-6-4-7-11-17)20-12-8-5-9-13-20/h4,6-7,10-11,18H,2-3,5,8-9,12-16H2,1H3/t18-/m1/s1. The molecule has 0 aromatic heterocycles. The number of carbonyl (C=O) groups excluding carboxylic acids is 1. The van der Waals surface area contributed by atoms with Crippen molar-refractivity contribution in [3.05, 3.63) is 35.9 Å². The summed E-state index contributed by atoms with van der Waals surface area (Å²) in [5.41, 5.74) is 1.02. The lowest BCUT2D eigenvalue weighted by molar-refractivity contribution is -0.152. The molecule has 0 aliphatic carbocycles. The van der Waals surface area contributed by atoms with E-state index in [4.69, 9.17) is 9.47 Å². The van der Waals surface area contributed by atoms with Gasteiger partial charge in [0.1, 0.15) is 12.6 Å². The zero-order chi connectivity index (χ0) is 16.3. The number of likely N-dealkylation sites (tertiary alicyclic amines) is 1. The van der Waals surface area contributed by atoms with Crippen LogP contribution in [0.5, 0.6) is 0 Å². The van der Waals surface area contributed by atoms with Crippen molar-refractivity contribution in [3.63, 3.8) is 0 Å². The zero-order valence-corrected chi connectivity index (χ0v) is 14.2. The number of ether oxygens (including phenoxy) is 2. The second-order valence-corrected chi connectivity index (χ2v) is 6.04. The number of hydrogen-bond acceptors (Lipinski definition) is 4. The fraction of sp³-hybridized carbons (Fsp3) is 0.632. The molecule has 0 amide bonds. The lowest BCUT2D eigenvalue weighted by Crippen LogP contribution is -2.39. The molecular weight excluding hydrogens is 290 g/mol. The molecule has 1 aliphatic heterocycles. The summed E-state index contributed by atoms with van der Waals surface area (Å²) >= 11 is 0. The van der Waals surface area contributed by atoms with Gasteiger partial charge in [-0.1, -0.05) is 50.1 Å². The molecule has 128 valence electrons. The van der Waals surface area contributed by atoms with E-state index in [2.05, 4.69) is 11.8 Å². The van der Waals surface area contributed by atoms with Gasteiger partial charge in [-0.2, -0.15) is 0 Å². The molecule has 1 aromatic carbocycles. The smallest absolute Gasteiger partial charge is 0.328 e. The van der Waals surface area contributed by atoms with E-state index in [9.17, 15) is 4.79 Å². The molecule has 1 saturated heterocycles. The Labute approximate surface area is 139 Å². The van der Waals surface area contributed by atoms with Crippen molar-refractivity contribution in [2.45, 2.75) is 45.1 Å². The van der Waals surface area contributed by atoms with Crippen LogP contribution in [-0.4, -0.2) is 43.8 Å². The maximum atomic E-state index is 12.6. The highest BCUT2D eigenvalue weighted by molar-refractivity contribution is 5.77. The van der Waals surface area contributed by atoms with Crippen LogP contribution in [0.15, 0.2) is 30.3 Å². The Balaban J connectivity index is 1.89. The van der Waals surface area contributed by atoms with Gasteiger partial charge in [-0.25, -0.2) is 4.79 Å². The molecule has 0 bridgehead atoms. The van der Waals surface area contributed by atoms with Crippen LogP contribution in [0.25, 0.3) is 0 Å². The molecule has 0 saturated carbocycles. The van der Waals surface area contributed by atoms with Crippen LogP contribution in [0.1, 0.15) is 50.6 Å². The zero-order valence-electron chi connectivity index (χ0n) is 14.2. The van der Waals surface area contributed by atoms with Crippen molar-refractivity contribution in [1.82, 2.24) is 4.90 Å². The molecule has 0 unspecified atom stereocenters. The average Bonchev–Trinajstić information content (AvgIpc) is 2.60. The number of piperidine rings is 1. The molecule has 23 heavy (non-hydrogen) atoms. The Hall–Kier alpha value is -1.39. The fourth-order valence-corrected chi connectivity index (χ4v) is 2.94. The normalized spacial score (nSPS) is 16.9. The minimum Gasteiger partial charge on any atom is -0.462 e. The van der Waals surface area contributed by atoms with E-state index in [1.807, 2.05) is 30.3 Å². The van der Waals surface area contributed by atoms with Gasteiger partial charge in [0.25, 0.3) is 0 Å². The van der Waals surface area contributed by atoms with Crippen molar-refractivity contribution in [1.29, 1.82) is 0 Å². The van der Waals surface area contributed by atoms with E-state index >= 15 is 0 Å². The van der Waals surface area contributed by atoms with E-state index < -0.39 is 0 Å². The lowest BCUT2D eigenvalue weighted by Gasteiger charge is -2.33. The topological polar surface area (TPSA) is 38.8 Å². The first kappa shape index (κ1) is 18.0. The van der Waals surface area contributed by atoms with Crippen molar-refractivity contribution >= 4 is 5.97 Å². The minimum absolute atomic E-state index is 0.155. The first-order chi connectivity index (χ1) is 11.3. The maximum Gasteiger partial charge on any atom is 0.328 e. The Morgan fingerprint density at radius 3 is 2.52 bits per heavy atom. The third-order valence-electron chi connectivity index (χ3n) is 4.21. The van der Waals surface area contributed by atoms with Gasteiger partial charge in [0.05, 0.1) is 6.61 Å². The van der Waals surface area contributed by atoms with Gasteiger partial charge in [-0.15, -0.1) is 0 Å². The van der Waals surface area contributed by atoms with Crippen LogP contribution in [-0.2, 0) is 14.3 Å². The number of carbonyl (C=O) groups is 1. The van der Waals surface area contributed by atoms with Gasteiger partial charge < -0.3 is 9.47 Å². The fourth-order valence-electron chi connectivity index (χ4n) is 2.94. The highest BCUT2D eigenvalue weighted by Crippen LogP contribution is 2.25. The van der Waals surface area contributed by atoms with Crippen LogP contribution < -0.4 is 0 Å². The molecule has 2 rings (SSSR count). The molecule has 0 N–H and O–H groups in total. The molecule has 4 heteroatoms. The second-order valence-electron chi connectivity index (χ2n) is 6.04. The molecule has 1 aromatic rings. The third-order valence-corrected chi connectivity index (χ3v) is 4.21. The largest absolute Gasteiger partial charge is 0.462 e. The summed E-state index contributed by atoms with van der Waals surface area (Å²) in [7, 11) is 0. The summed E-state index contributed by atoms with van der Waals surface area (Å²) < 4.78 is 11.0. The monoisotopic (exact) mass is 319 g/mol. The van der Waals surface area contributed by atoms with Crippen LogP contribution >= 0.6 is 0 Å². The number of benzene rings is 1. The van der Waals surface area contributed by atoms with Gasteiger partial charge in [0, 0.05) is 6.61 Å². The van der Waals surface area contributed by atoms with Crippen LogP contribution in [0.2, 0.25) is 0 Å². The molecule has 1 atom stereocenters. The van der Waals surface area contributed by atoms with Crippen LogP contribution in [0, 0.1) is 0 Å². The summed E-state index contributed by atoms with van der Waals surface area (Å²) in [4.78, 5) is 14.9. The van der Waals surface area contributed by atoms with Crippen molar-refractivity contribution in [3.8, 4) is 0 Å². The van der Waals surface area contributed by atoms with E-state index in [0.717, 1.165) is 50.9 Å². The lowest BCUT2D eigenvalue weighted by atomic mass is 10.0. The Morgan fingerprint density at radius 2 is 1.83 bits per heavy atom. The van der Waals surface area contributed by atoms with E-state index in [1.165, 1.54) is 6.42 Å². The van der Waals surface area contributed by atoms with E-state index in [1.54, 1.807) is 0 Å². The van der Waals surface area contributed by atoms with Gasteiger partial charge in [0.15, 0.2) is 0 Å². The van der Waals surface area contributed by atoms with Crippen molar-refractivity contribution < 1.29 is 14.3 Å². The predicted octanol–water partition coefficient (Wildman–Crippen LogP) is 3.57. The summed E-state index contributed by atoms with van der Waals surface area (Å²) in [5.74, 6) is -0.155. The van der Waals surface area contributed by atoms with Gasteiger partial charge in [0.2, 0.25) is 0 Å². The molecule has 1 aliphatic rings. The van der Waals surface area contributed by atoms with Gasteiger partial charge in [-0.3, -0.25) is 4.90 Å². The molecular formula is C19H29NO3. The molecule has 1 fully saturated rings. The average molecular weight is 319 g/mol. The van der Waals surface area contributed by atoms with Crippen LogP contribution in [0.3, 0.4) is 0 Å². The molecule has 4 nitrogen and oxygen atoms in total. The highest BCUT2D eigenvalue weighted by atomic mass is 16.6. The first-order valence-electron chi connectivity index (χ1n) is 8.86. The Kier molecular flexibility index (Phi) is 8.12.